The molecule has 24 heavy (non-hydrogen) atoms. The molecule has 4 nitrogen and oxygen atoms in total. The van der Waals surface area contributed by atoms with Gasteiger partial charge in [-0.05, 0) is 58.5 Å². The number of hydrogen-bond acceptors (Lipinski definition) is 4. The van der Waals surface area contributed by atoms with Crippen molar-refractivity contribution in [1.82, 2.24) is 9.88 Å². The van der Waals surface area contributed by atoms with Crippen LogP contribution in [0.25, 0.3) is 10.2 Å². The molecule has 1 aromatic carbocycles. The normalized spacial score (nSPS) is 15.0. The van der Waals surface area contributed by atoms with E-state index in [1.165, 1.54) is 11.3 Å². The van der Waals surface area contributed by atoms with E-state index in [-0.39, 0.29) is 11.8 Å². The fraction of sp³-hybridized carbons (Fsp3) is 0.556. The van der Waals surface area contributed by atoms with Gasteiger partial charge in [0.2, 0.25) is 5.91 Å². The molecular weight excluding hydrogens is 342 g/mol. The van der Waals surface area contributed by atoms with Crippen LogP contribution in [0.1, 0.15) is 31.2 Å². The third-order valence-corrected chi connectivity index (χ3v) is 6.16. The molecule has 1 fully saturated rings. The van der Waals surface area contributed by atoms with Crippen molar-refractivity contribution in [3.8, 4) is 0 Å². The van der Waals surface area contributed by atoms with E-state index in [1.54, 1.807) is 0 Å². The van der Waals surface area contributed by atoms with Crippen LogP contribution in [0.2, 0.25) is 5.02 Å². The molecule has 0 aliphatic heterocycles. The maximum absolute atomic E-state index is 12.9. The minimum absolute atomic E-state index is 0.174. The summed E-state index contributed by atoms with van der Waals surface area (Å²) in [6.45, 7) is 3.70. The van der Waals surface area contributed by atoms with Crippen LogP contribution in [0.15, 0.2) is 12.1 Å². The number of benzene rings is 1. The van der Waals surface area contributed by atoms with Crippen LogP contribution in [0.3, 0.4) is 0 Å². The summed E-state index contributed by atoms with van der Waals surface area (Å²) < 4.78 is 0.977. The minimum Gasteiger partial charge on any atom is -0.309 e. The van der Waals surface area contributed by atoms with E-state index in [0.29, 0.717) is 11.6 Å². The second kappa shape index (κ2) is 7.38. The van der Waals surface area contributed by atoms with Gasteiger partial charge in [-0.1, -0.05) is 35.4 Å². The molecule has 1 aliphatic rings. The summed E-state index contributed by atoms with van der Waals surface area (Å²) >= 11 is 7.87. The SMILES string of the molecule is Cc1ccc(Cl)c2sc(N(CCCN(C)C)C(=O)C3CCC3)nc12. The molecule has 1 heterocycles. The number of hydrogen-bond donors (Lipinski definition) is 0. The van der Waals surface area contributed by atoms with Crippen LogP contribution in [-0.4, -0.2) is 43.0 Å². The highest BCUT2D eigenvalue weighted by Gasteiger charge is 2.31. The standard InChI is InChI=1S/C18H24ClN3OS/c1-12-8-9-14(19)16-15(12)20-18(24-16)22(11-5-10-21(2)3)17(23)13-6-4-7-13/h8-9,13H,4-7,10-11H2,1-3H3. The van der Waals surface area contributed by atoms with Gasteiger partial charge in [0.05, 0.1) is 15.2 Å². The van der Waals surface area contributed by atoms with Crippen LogP contribution in [0, 0.1) is 12.8 Å². The van der Waals surface area contributed by atoms with E-state index in [1.807, 2.05) is 24.0 Å². The van der Waals surface area contributed by atoms with Crippen molar-refractivity contribution in [2.75, 3.05) is 32.1 Å². The minimum atomic E-state index is 0.174. The molecule has 0 N–H and O–H groups in total. The van der Waals surface area contributed by atoms with Gasteiger partial charge in [-0.3, -0.25) is 9.69 Å². The second-order valence-corrected chi connectivity index (χ2v) is 8.20. The number of carbonyl (C=O) groups excluding carboxylic acids is 1. The lowest BCUT2D eigenvalue weighted by molar-refractivity contribution is -0.124. The van der Waals surface area contributed by atoms with Crippen molar-refractivity contribution in [2.24, 2.45) is 5.92 Å². The maximum atomic E-state index is 12.9. The number of fused-ring (bicyclic) bond motifs is 1. The number of amides is 1. The van der Waals surface area contributed by atoms with E-state index < -0.39 is 0 Å². The van der Waals surface area contributed by atoms with Gasteiger partial charge in [0.15, 0.2) is 5.13 Å². The molecular formula is C18H24ClN3OS. The molecule has 1 aromatic heterocycles. The lowest BCUT2D eigenvalue weighted by atomic mass is 9.84. The van der Waals surface area contributed by atoms with Gasteiger partial charge in [0, 0.05) is 12.5 Å². The number of carbonyl (C=O) groups is 1. The van der Waals surface area contributed by atoms with Gasteiger partial charge in [-0.2, -0.15) is 0 Å². The Balaban J connectivity index is 1.90. The molecule has 0 spiro atoms. The Morgan fingerprint density at radius 3 is 2.67 bits per heavy atom. The first-order valence-corrected chi connectivity index (χ1v) is 9.68. The molecule has 0 atom stereocenters. The first-order valence-electron chi connectivity index (χ1n) is 8.49. The van der Waals surface area contributed by atoms with Crippen LogP contribution < -0.4 is 4.90 Å². The smallest absolute Gasteiger partial charge is 0.231 e. The highest BCUT2D eigenvalue weighted by molar-refractivity contribution is 7.23. The molecule has 1 amide bonds. The first kappa shape index (κ1) is 17.6. The van der Waals surface area contributed by atoms with Crippen molar-refractivity contribution in [3.63, 3.8) is 0 Å². The molecule has 2 aromatic rings. The predicted octanol–water partition coefficient (Wildman–Crippen LogP) is 4.34. The van der Waals surface area contributed by atoms with Gasteiger partial charge in [-0.15, -0.1) is 0 Å². The summed E-state index contributed by atoms with van der Waals surface area (Å²) in [5, 5.41) is 1.50. The summed E-state index contributed by atoms with van der Waals surface area (Å²) in [6.07, 6.45) is 4.11. The molecule has 130 valence electrons. The third kappa shape index (κ3) is 3.58. The summed E-state index contributed by atoms with van der Waals surface area (Å²) in [7, 11) is 4.11. The Morgan fingerprint density at radius 2 is 2.08 bits per heavy atom. The molecule has 0 unspecified atom stereocenters. The quantitative estimate of drug-likeness (QED) is 0.763. The molecule has 6 heteroatoms. The number of nitrogens with zero attached hydrogens (tertiary/aromatic N) is 3. The second-order valence-electron chi connectivity index (χ2n) is 6.81. The zero-order valence-electron chi connectivity index (χ0n) is 14.5. The molecule has 0 radical (unpaired) electrons. The predicted molar refractivity (Wildman–Crippen MR) is 102 cm³/mol. The Labute approximate surface area is 152 Å². The summed E-state index contributed by atoms with van der Waals surface area (Å²) in [5.41, 5.74) is 2.02. The van der Waals surface area contributed by atoms with Crippen molar-refractivity contribution in [1.29, 1.82) is 0 Å². The summed E-state index contributed by atoms with van der Waals surface area (Å²) in [6, 6.07) is 3.89. The Bertz CT molecular complexity index is 700. The fourth-order valence-electron chi connectivity index (χ4n) is 2.93. The van der Waals surface area contributed by atoms with Gasteiger partial charge < -0.3 is 4.90 Å². The summed E-state index contributed by atoms with van der Waals surface area (Å²) in [4.78, 5) is 21.7. The van der Waals surface area contributed by atoms with Crippen LogP contribution >= 0.6 is 22.9 Å². The lowest BCUT2D eigenvalue weighted by Crippen LogP contribution is -2.40. The summed E-state index contributed by atoms with van der Waals surface area (Å²) in [5.74, 6) is 0.403. The third-order valence-electron chi connectivity index (χ3n) is 4.62. The zero-order valence-corrected chi connectivity index (χ0v) is 16.1. The molecule has 1 saturated carbocycles. The average molecular weight is 366 g/mol. The number of rotatable bonds is 6. The number of halogens is 1. The van der Waals surface area contributed by atoms with E-state index in [4.69, 9.17) is 16.6 Å². The Kier molecular flexibility index (Phi) is 5.42. The van der Waals surface area contributed by atoms with Gasteiger partial charge in [0.1, 0.15) is 0 Å². The van der Waals surface area contributed by atoms with E-state index >= 15 is 0 Å². The van der Waals surface area contributed by atoms with E-state index in [0.717, 1.165) is 53.1 Å². The number of aromatic nitrogens is 1. The maximum Gasteiger partial charge on any atom is 0.231 e. The molecule has 0 saturated heterocycles. The van der Waals surface area contributed by atoms with Crippen molar-refractivity contribution in [2.45, 2.75) is 32.6 Å². The molecule has 1 aliphatic carbocycles. The van der Waals surface area contributed by atoms with Crippen LogP contribution in [0.5, 0.6) is 0 Å². The highest BCUT2D eigenvalue weighted by Crippen LogP contribution is 2.37. The zero-order chi connectivity index (χ0) is 17.3. The van der Waals surface area contributed by atoms with Crippen molar-refractivity contribution >= 4 is 44.2 Å². The fourth-order valence-corrected chi connectivity index (χ4v) is 4.27. The largest absolute Gasteiger partial charge is 0.309 e. The van der Waals surface area contributed by atoms with Gasteiger partial charge >= 0.3 is 0 Å². The number of anilines is 1. The lowest BCUT2D eigenvalue weighted by Gasteiger charge is -2.30. The van der Waals surface area contributed by atoms with E-state index in [9.17, 15) is 4.79 Å². The molecule has 3 rings (SSSR count). The monoisotopic (exact) mass is 365 g/mol. The van der Waals surface area contributed by atoms with Gasteiger partial charge in [0.25, 0.3) is 0 Å². The van der Waals surface area contributed by atoms with Crippen molar-refractivity contribution < 1.29 is 4.79 Å². The topological polar surface area (TPSA) is 36.4 Å². The number of aryl methyl sites for hydroxylation is 1. The van der Waals surface area contributed by atoms with Crippen LogP contribution in [-0.2, 0) is 4.79 Å². The molecule has 0 bridgehead atoms. The van der Waals surface area contributed by atoms with Crippen molar-refractivity contribution in [3.05, 3.63) is 22.7 Å². The number of thiazole rings is 1. The Morgan fingerprint density at radius 1 is 1.33 bits per heavy atom. The van der Waals surface area contributed by atoms with Crippen LogP contribution in [0.4, 0.5) is 5.13 Å². The first-order chi connectivity index (χ1) is 11.5. The Hall–Kier alpha value is -1.17. The highest BCUT2D eigenvalue weighted by atomic mass is 35.5. The average Bonchev–Trinajstić information content (AvgIpc) is 2.91. The van der Waals surface area contributed by atoms with Gasteiger partial charge in [-0.25, -0.2) is 4.98 Å². The van der Waals surface area contributed by atoms with E-state index in [2.05, 4.69) is 19.0 Å².